The molecule has 0 aromatic heterocycles. The van der Waals surface area contributed by atoms with Gasteiger partial charge in [-0.2, -0.15) is 0 Å². The van der Waals surface area contributed by atoms with E-state index in [9.17, 15) is 4.79 Å². The van der Waals surface area contributed by atoms with E-state index in [2.05, 4.69) is 0 Å². The van der Waals surface area contributed by atoms with Crippen molar-refractivity contribution in [3.05, 3.63) is 64.7 Å². The van der Waals surface area contributed by atoms with Gasteiger partial charge in [-0.05, 0) is 24.6 Å². The zero-order valence-corrected chi connectivity index (χ0v) is 15.1. The molecule has 24 heavy (non-hydrogen) atoms. The maximum Gasteiger partial charge on any atom is 0.224 e. The number of ether oxygens (including phenoxy) is 1. The van der Waals surface area contributed by atoms with Gasteiger partial charge in [0, 0.05) is 29.3 Å². The minimum Gasteiger partial charge on any atom is -0.493 e. The zero-order chi connectivity index (χ0) is 16.9. The normalized spacial score (nSPS) is 17.8. The Kier molecular flexibility index (Phi) is 5.69. The molecule has 3 rings (SSSR count). The van der Waals surface area contributed by atoms with E-state index < -0.39 is 0 Å². The number of amides is 1. The van der Waals surface area contributed by atoms with E-state index >= 15 is 0 Å². The highest BCUT2D eigenvalue weighted by Crippen LogP contribution is 2.42. The summed E-state index contributed by atoms with van der Waals surface area (Å²) < 4.78 is 5.77. The third kappa shape index (κ3) is 3.70. The maximum absolute atomic E-state index is 12.6. The standard InChI is InChI=1S/C19H20ClNO2S/c1-2-23-17-10-6-4-8-15(17)19-21(18(22)11-12-24-19)13-14-7-3-5-9-16(14)20/h3-10,19H,2,11-13H2,1H3. The number of benzene rings is 2. The molecule has 0 N–H and O–H groups in total. The minimum absolute atomic E-state index is 0.0507. The van der Waals surface area contributed by atoms with Crippen molar-refractivity contribution in [3.63, 3.8) is 0 Å². The Hall–Kier alpha value is -1.65. The molecule has 0 bridgehead atoms. The summed E-state index contributed by atoms with van der Waals surface area (Å²) in [4.78, 5) is 14.5. The second kappa shape index (κ2) is 7.95. The average molecular weight is 362 g/mol. The van der Waals surface area contributed by atoms with Crippen LogP contribution in [0.15, 0.2) is 48.5 Å². The topological polar surface area (TPSA) is 29.5 Å². The van der Waals surface area contributed by atoms with Crippen molar-refractivity contribution in [1.29, 1.82) is 0 Å². The van der Waals surface area contributed by atoms with Crippen LogP contribution in [0.4, 0.5) is 0 Å². The monoisotopic (exact) mass is 361 g/mol. The van der Waals surface area contributed by atoms with E-state index in [0.29, 0.717) is 24.6 Å². The molecule has 0 radical (unpaired) electrons. The van der Waals surface area contributed by atoms with Crippen LogP contribution < -0.4 is 4.74 Å². The van der Waals surface area contributed by atoms with Crippen molar-refractivity contribution < 1.29 is 9.53 Å². The molecule has 1 fully saturated rings. The molecule has 1 aliphatic heterocycles. The first-order valence-electron chi connectivity index (χ1n) is 8.07. The smallest absolute Gasteiger partial charge is 0.224 e. The number of halogens is 1. The highest BCUT2D eigenvalue weighted by molar-refractivity contribution is 7.99. The van der Waals surface area contributed by atoms with Gasteiger partial charge in [0.15, 0.2) is 0 Å². The van der Waals surface area contributed by atoms with Crippen molar-refractivity contribution in [2.45, 2.75) is 25.3 Å². The summed E-state index contributed by atoms with van der Waals surface area (Å²) in [7, 11) is 0. The minimum atomic E-state index is -0.0507. The van der Waals surface area contributed by atoms with Gasteiger partial charge in [0.25, 0.3) is 0 Å². The molecular weight excluding hydrogens is 342 g/mol. The van der Waals surface area contributed by atoms with Gasteiger partial charge >= 0.3 is 0 Å². The molecule has 1 amide bonds. The summed E-state index contributed by atoms with van der Waals surface area (Å²) in [6.07, 6.45) is 0.558. The highest BCUT2D eigenvalue weighted by atomic mass is 35.5. The molecule has 1 saturated heterocycles. The molecule has 1 aliphatic rings. The van der Waals surface area contributed by atoms with Gasteiger partial charge in [0.1, 0.15) is 11.1 Å². The fraction of sp³-hybridized carbons (Fsp3) is 0.316. The van der Waals surface area contributed by atoms with Gasteiger partial charge in [-0.15, -0.1) is 11.8 Å². The van der Waals surface area contributed by atoms with Crippen LogP contribution in [-0.2, 0) is 11.3 Å². The van der Waals surface area contributed by atoms with E-state index in [1.54, 1.807) is 11.8 Å². The first kappa shape index (κ1) is 17.2. The Morgan fingerprint density at radius 2 is 1.96 bits per heavy atom. The van der Waals surface area contributed by atoms with Crippen LogP contribution in [0.2, 0.25) is 5.02 Å². The van der Waals surface area contributed by atoms with Crippen LogP contribution in [-0.4, -0.2) is 23.2 Å². The lowest BCUT2D eigenvalue weighted by molar-refractivity contribution is -0.132. The van der Waals surface area contributed by atoms with Gasteiger partial charge < -0.3 is 9.64 Å². The predicted molar refractivity (Wildman–Crippen MR) is 99.4 cm³/mol. The summed E-state index contributed by atoms with van der Waals surface area (Å²) in [5.41, 5.74) is 2.01. The van der Waals surface area contributed by atoms with E-state index in [4.69, 9.17) is 16.3 Å². The van der Waals surface area contributed by atoms with Gasteiger partial charge in [0.2, 0.25) is 5.91 Å². The van der Waals surface area contributed by atoms with Crippen molar-refractivity contribution in [2.75, 3.05) is 12.4 Å². The molecule has 2 aromatic rings. The zero-order valence-electron chi connectivity index (χ0n) is 13.6. The fourth-order valence-electron chi connectivity index (χ4n) is 2.83. The lowest BCUT2D eigenvalue weighted by atomic mass is 10.1. The average Bonchev–Trinajstić information content (AvgIpc) is 2.59. The summed E-state index contributed by atoms with van der Waals surface area (Å²) >= 11 is 8.07. The number of para-hydroxylation sites is 1. The van der Waals surface area contributed by atoms with Gasteiger partial charge in [-0.3, -0.25) is 4.79 Å². The SMILES string of the molecule is CCOc1ccccc1C1SCCC(=O)N1Cc1ccccc1Cl. The molecule has 1 heterocycles. The Balaban J connectivity index is 1.93. The quantitative estimate of drug-likeness (QED) is 0.758. The number of nitrogens with zero attached hydrogens (tertiary/aromatic N) is 1. The van der Waals surface area contributed by atoms with Crippen LogP contribution in [0.25, 0.3) is 0 Å². The Labute approximate surface area is 151 Å². The molecule has 0 saturated carbocycles. The Morgan fingerprint density at radius 1 is 1.21 bits per heavy atom. The molecular formula is C19H20ClNO2S. The number of rotatable bonds is 5. The lowest BCUT2D eigenvalue weighted by Crippen LogP contribution is -2.37. The first-order valence-corrected chi connectivity index (χ1v) is 9.49. The van der Waals surface area contributed by atoms with Crippen LogP contribution in [0, 0.1) is 0 Å². The summed E-state index contributed by atoms with van der Waals surface area (Å²) in [5, 5.41) is 0.642. The molecule has 126 valence electrons. The van der Waals surface area contributed by atoms with Crippen LogP contribution in [0.5, 0.6) is 5.75 Å². The molecule has 0 spiro atoms. The van der Waals surface area contributed by atoms with Crippen LogP contribution >= 0.6 is 23.4 Å². The van der Waals surface area contributed by atoms with Gasteiger partial charge in [-0.1, -0.05) is 48.0 Å². The van der Waals surface area contributed by atoms with Crippen molar-refractivity contribution in [3.8, 4) is 5.75 Å². The third-order valence-electron chi connectivity index (χ3n) is 3.98. The van der Waals surface area contributed by atoms with Crippen LogP contribution in [0.3, 0.4) is 0 Å². The van der Waals surface area contributed by atoms with E-state index in [1.807, 2.05) is 60.4 Å². The highest BCUT2D eigenvalue weighted by Gasteiger charge is 2.32. The van der Waals surface area contributed by atoms with Crippen molar-refractivity contribution in [1.82, 2.24) is 4.90 Å². The fourth-order valence-corrected chi connectivity index (χ4v) is 4.29. The molecule has 3 nitrogen and oxygen atoms in total. The Morgan fingerprint density at radius 3 is 2.75 bits per heavy atom. The number of carbonyl (C=O) groups excluding carboxylic acids is 1. The van der Waals surface area contributed by atoms with Crippen molar-refractivity contribution in [2.24, 2.45) is 0 Å². The lowest BCUT2D eigenvalue weighted by Gasteiger charge is -2.36. The Bertz CT molecular complexity index is 722. The van der Waals surface area contributed by atoms with Crippen LogP contribution in [0.1, 0.15) is 29.8 Å². The second-order valence-corrected chi connectivity index (χ2v) is 7.15. The summed E-state index contributed by atoms with van der Waals surface area (Å²) in [6.45, 7) is 3.08. The van der Waals surface area contributed by atoms with Crippen molar-refractivity contribution >= 4 is 29.3 Å². The number of carbonyl (C=O) groups is 1. The maximum atomic E-state index is 12.6. The van der Waals surface area contributed by atoms with Gasteiger partial charge in [0.05, 0.1) is 6.61 Å². The number of hydrogen-bond donors (Lipinski definition) is 0. The van der Waals surface area contributed by atoms with Gasteiger partial charge in [-0.25, -0.2) is 0 Å². The molecule has 2 aromatic carbocycles. The third-order valence-corrected chi connectivity index (χ3v) is 5.61. The summed E-state index contributed by atoms with van der Waals surface area (Å²) in [5.74, 6) is 1.82. The second-order valence-electron chi connectivity index (χ2n) is 5.56. The van der Waals surface area contributed by atoms with E-state index in [-0.39, 0.29) is 11.3 Å². The predicted octanol–water partition coefficient (Wildman–Crippen LogP) is 4.90. The molecule has 0 aliphatic carbocycles. The molecule has 1 unspecified atom stereocenters. The largest absolute Gasteiger partial charge is 0.493 e. The summed E-state index contributed by atoms with van der Waals surface area (Å²) in [6, 6.07) is 15.6. The molecule has 1 atom stereocenters. The van der Waals surface area contributed by atoms with E-state index in [1.165, 1.54) is 0 Å². The number of thioether (sulfide) groups is 1. The number of hydrogen-bond acceptors (Lipinski definition) is 3. The molecule has 5 heteroatoms. The first-order chi connectivity index (χ1) is 11.7. The van der Waals surface area contributed by atoms with E-state index in [0.717, 1.165) is 22.6 Å².